The van der Waals surface area contributed by atoms with Gasteiger partial charge in [0, 0.05) is 12.4 Å². The summed E-state index contributed by atoms with van der Waals surface area (Å²) in [5.74, 6) is 0.812. The Balaban J connectivity index is 1.74. The van der Waals surface area contributed by atoms with Crippen molar-refractivity contribution < 1.29 is 0 Å². The van der Waals surface area contributed by atoms with Crippen molar-refractivity contribution >= 4 is 5.65 Å². The highest BCUT2D eigenvalue weighted by Crippen LogP contribution is 2.20. The molecule has 3 nitrogen and oxygen atoms in total. The lowest BCUT2D eigenvalue weighted by molar-refractivity contribution is 0.218. The molecule has 0 unspecified atom stereocenters. The molecule has 3 heteroatoms. The number of imidazole rings is 1. The van der Waals surface area contributed by atoms with Crippen LogP contribution in [0.4, 0.5) is 0 Å². The van der Waals surface area contributed by atoms with Crippen LogP contribution in [0, 0.1) is 12.8 Å². The van der Waals surface area contributed by atoms with Gasteiger partial charge in [-0.25, -0.2) is 4.98 Å². The first-order valence-corrected chi connectivity index (χ1v) is 6.83. The van der Waals surface area contributed by atoms with Crippen molar-refractivity contribution in [3.05, 3.63) is 35.8 Å². The zero-order valence-electron chi connectivity index (χ0n) is 11.3. The normalized spacial score (nSPS) is 18.6. The topological polar surface area (TPSA) is 20.5 Å². The maximum atomic E-state index is 4.72. The lowest BCUT2D eigenvalue weighted by atomic mass is 9.93. The first-order valence-electron chi connectivity index (χ1n) is 6.83. The van der Waals surface area contributed by atoms with Crippen LogP contribution in [0.25, 0.3) is 5.65 Å². The minimum absolute atomic E-state index is 0.812. The molecule has 1 aliphatic heterocycles. The summed E-state index contributed by atoms with van der Waals surface area (Å²) in [7, 11) is 2.21. The molecule has 0 atom stereocenters. The molecular formula is C15H21N3. The maximum absolute atomic E-state index is 4.72. The van der Waals surface area contributed by atoms with Crippen molar-refractivity contribution in [1.29, 1.82) is 0 Å². The van der Waals surface area contributed by atoms with Crippen LogP contribution in [-0.4, -0.2) is 34.4 Å². The summed E-state index contributed by atoms with van der Waals surface area (Å²) in [6.45, 7) is 4.59. The molecule has 18 heavy (non-hydrogen) atoms. The van der Waals surface area contributed by atoms with Gasteiger partial charge in [-0.05, 0) is 63.9 Å². The van der Waals surface area contributed by atoms with Crippen LogP contribution in [0.5, 0.6) is 0 Å². The standard InChI is InChI=1S/C15H21N3/c1-12-3-4-15-16-14(11-18(15)10-12)9-13-5-7-17(2)8-6-13/h3-4,10-11,13H,5-9H2,1-2H3. The zero-order chi connectivity index (χ0) is 12.5. The van der Waals surface area contributed by atoms with Gasteiger partial charge in [-0.1, -0.05) is 6.07 Å². The van der Waals surface area contributed by atoms with Crippen molar-refractivity contribution in [3.63, 3.8) is 0 Å². The Morgan fingerprint density at radius 3 is 2.78 bits per heavy atom. The molecule has 0 aliphatic carbocycles. The SMILES string of the molecule is Cc1ccc2nc(CC3CCN(C)CC3)cn2c1. The number of aromatic nitrogens is 2. The van der Waals surface area contributed by atoms with Gasteiger partial charge in [0.2, 0.25) is 0 Å². The molecule has 0 aromatic carbocycles. The van der Waals surface area contributed by atoms with E-state index in [0.29, 0.717) is 0 Å². The van der Waals surface area contributed by atoms with Gasteiger partial charge >= 0.3 is 0 Å². The van der Waals surface area contributed by atoms with E-state index in [-0.39, 0.29) is 0 Å². The van der Waals surface area contributed by atoms with Crippen LogP contribution >= 0.6 is 0 Å². The number of nitrogens with zero attached hydrogens (tertiary/aromatic N) is 3. The van der Waals surface area contributed by atoms with Gasteiger partial charge < -0.3 is 9.30 Å². The summed E-state index contributed by atoms with van der Waals surface area (Å²) in [5, 5.41) is 0. The first kappa shape index (κ1) is 11.7. The average molecular weight is 243 g/mol. The molecule has 0 saturated carbocycles. The summed E-state index contributed by atoms with van der Waals surface area (Å²) in [5.41, 5.74) is 3.60. The Kier molecular flexibility index (Phi) is 3.08. The van der Waals surface area contributed by atoms with Crippen molar-refractivity contribution in [2.24, 2.45) is 5.92 Å². The average Bonchev–Trinajstić information content (AvgIpc) is 2.73. The van der Waals surface area contributed by atoms with Crippen LogP contribution < -0.4 is 0 Å². The van der Waals surface area contributed by atoms with Gasteiger partial charge in [0.15, 0.2) is 0 Å². The van der Waals surface area contributed by atoms with Crippen molar-refractivity contribution in [1.82, 2.24) is 14.3 Å². The van der Waals surface area contributed by atoms with E-state index in [9.17, 15) is 0 Å². The fraction of sp³-hybridized carbons (Fsp3) is 0.533. The predicted octanol–water partition coefficient (Wildman–Crippen LogP) is 2.53. The Bertz CT molecular complexity index is 536. The van der Waals surface area contributed by atoms with Crippen LogP contribution in [0.3, 0.4) is 0 Å². The van der Waals surface area contributed by atoms with Crippen molar-refractivity contribution in [2.45, 2.75) is 26.2 Å². The molecule has 1 aliphatic rings. The van der Waals surface area contributed by atoms with Gasteiger partial charge in [0.25, 0.3) is 0 Å². The number of hydrogen-bond acceptors (Lipinski definition) is 2. The second-order valence-electron chi connectivity index (χ2n) is 5.65. The number of likely N-dealkylation sites (tertiary alicyclic amines) is 1. The molecule has 3 rings (SSSR count). The predicted molar refractivity (Wildman–Crippen MR) is 73.9 cm³/mol. The minimum Gasteiger partial charge on any atom is -0.307 e. The smallest absolute Gasteiger partial charge is 0.136 e. The Morgan fingerprint density at radius 1 is 1.22 bits per heavy atom. The molecule has 2 aromatic heterocycles. The fourth-order valence-corrected chi connectivity index (χ4v) is 2.82. The third-order valence-electron chi connectivity index (χ3n) is 3.98. The molecular weight excluding hydrogens is 222 g/mol. The number of piperidine rings is 1. The highest BCUT2D eigenvalue weighted by molar-refractivity contribution is 5.41. The molecule has 0 bridgehead atoms. The van der Waals surface area contributed by atoms with Gasteiger partial charge in [-0.3, -0.25) is 0 Å². The van der Waals surface area contributed by atoms with Crippen molar-refractivity contribution in [2.75, 3.05) is 20.1 Å². The summed E-state index contributed by atoms with van der Waals surface area (Å²) in [6.07, 6.45) is 8.10. The summed E-state index contributed by atoms with van der Waals surface area (Å²) in [4.78, 5) is 7.14. The molecule has 0 spiro atoms. The molecule has 0 N–H and O–H groups in total. The largest absolute Gasteiger partial charge is 0.307 e. The third kappa shape index (κ3) is 2.41. The van der Waals surface area contributed by atoms with E-state index in [1.54, 1.807) is 0 Å². The van der Waals surface area contributed by atoms with E-state index in [1.165, 1.54) is 37.2 Å². The van der Waals surface area contributed by atoms with Gasteiger partial charge in [0.05, 0.1) is 5.69 Å². The number of rotatable bonds is 2. The summed E-state index contributed by atoms with van der Waals surface area (Å²) >= 11 is 0. The maximum Gasteiger partial charge on any atom is 0.136 e. The second kappa shape index (κ2) is 4.73. The second-order valence-corrected chi connectivity index (χ2v) is 5.65. The van der Waals surface area contributed by atoms with Crippen molar-refractivity contribution in [3.8, 4) is 0 Å². The number of aryl methyl sites for hydroxylation is 1. The van der Waals surface area contributed by atoms with E-state index in [0.717, 1.165) is 18.0 Å². The van der Waals surface area contributed by atoms with E-state index in [4.69, 9.17) is 4.98 Å². The Hall–Kier alpha value is -1.35. The highest BCUT2D eigenvalue weighted by Gasteiger charge is 2.18. The molecule has 0 amide bonds. The van der Waals surface area contributed by atoms with Crippen LogP contribution in [0.2, 0.25) is 0 Å². The zero-order valence-corrected chi connectivity index (χ0v) is 11.3. The summed E-state index contributed by atoms with van der Waals surface area (Å²) < 4.78 is 2.15. The molecule has 1 saturated heterocycles. The van der Waals surface area contributed by atoms with Gasteiger partial charge in [-0.2, -0.15) is 0 Å². The molecule has 2 aromatic rings. The molecule has 0 radical (unpaired) electrons. The van der Waals surface area contributed by atoms with E-state index >= 15 is 0 Å². The van der Waals surface area contributed by atoms with Gasteiger partial charge in [-0.15, -0.1) is 0 Å². The lowest BCUT2D eigenvalue weighted by Crippen LogP contribution is -2.30. The number of fused-ring (bicyclic) bond motifs is 1. The highest BCUT2D eigenvalue weighted by atomic mass is 15.1. The monoisotopic (exact) mass is 243 g/mol. The first-order chi connectivity index (χ1) is 8.70. The fourth-order valence-electron chi connectivity index (χ4n) is 2.82. The Labute approximate surface area is 108 Å². The quantitative estimate of drug-likeness (QED) is 0.808. The minimum atomic E-state index is 0.812. The molecule has 3 heterocycles. The number of pyridine rings is 1. The van der Waals surface area contributed by atoms with Gasteiger partial charge in [0.1, 0.15) is 5.65 Å². The van der Waals surface area contributed by atoms with Crippen LogP contribution in [0.1, 0.15) is 24.1 Å². The van der Waals surface area contributed by atoms with Crippen LogP contribution in [0.15, 0.2) is 24.5 Å². The Morgan fingerprint density at radius 2 is 2.00 bits per heavy atom. The molecule has 96 valence electrons. The molecule has 1 fully saturated rings. The third-order valence-corrected chi connectivity index (χ3v) is 3.98. The summed E-state index contributed by atoms with van der Waals surface area (Å²) in [6, 6.07) is 4.23. The van der Waals surface area contributed by atoms with E-state index in [1.807, 2.05) is 0 Å². The van der Waals surface area contributed by atoms with E-state index < -0.39 is 0 Å². The number of hydrogen-bond donors (Lipinski definition) is 0. The lowest BCUT2D eigenvalue weighted by Gasteiger charge is -2.28. The van der Waals surface area contributed by atoms with Crippen LogP contribution in [-0.2, 0) is 6.42 Å². The van der Waals surface area contributed by atoms with E-state index in [2.05, 4.69) is 47.8 Å².